The standard InChI is InChI=1S/C21H24N2O5/c1-15-3-8-19(27-2)18(13-15)21(9-11-28-12-10-21)14-22-20(24)16-4-6-17(7-5-16)23(25)26/h3-8,13H,9-12,14H2,1-2H3,(H,22,24). The van der Waals surface area contributed by atoms with Gasteiger partial charge in [0.25, 0.3) is 11.6 Å². The maximum absolute atomic E-state index is 12.6. The third-order valence-corrected chi connectivity index (χ3v) is 5.30. The van der Waals surface area contributed by atoms with E-state index >= 15 is 0 Å². The second-order valence-electron chi connectivity index (χ2n) is 7.08. The van der Waals surface area contributed by atoms with Crippen molar-refractivity contribution in [2.24, 2.45) is 0 Å². The number of nitrogens with zero attached hydrogens (tertiary/aromatic N) is 1. The lowest BCUT2D eigenvalue weighted by Gasteiger charge is -2.38. The largest absolute Gasteiger partial charge is 0.496 e. The molecule has 1 heterocycles. The molecule has 2 aromatic rings. The van der Waals surface area contributed by atoms with Crippen LogP contribution in [-0.4, -0.2) is 37.7 Å². The number of benzene rings is 2. The van der Waals surface area contributed by atoms with Crippen LogP contribution in [0.25, 0.3) is 0 Å². The minimum Gasteiger partial charge on any atom is -0.496 e. The molecule has 3 rings (SSSR count). The molecular weight excluding hydrogens is 360 g/mol. The maximum Gasteiger partial charge on any atom is 0.269 e. The molecule has 7 heteroatoms. The molecule has 7 nitrogen and oxygen atoms in total. The van der Waals surface area contributed by atoms with Crippen molar-refractivity contribution in [2.45, 2.75) is 25.2 Å². The predicted octanol–water partition coefficient (Wildman–Crippen LogP) is 3.39. The highest BCUT2D eigenvalue weighted by Crippen LogP contribution is 2.40. The van der Waals surface area contributed by atoms with Gasteiger partial charge in [0.15, 0.2) is 0 Å². The number of rotatable bonds is 6. The molecule has 0 saturated carbocycles. The number of carbonyl (C=O) groups excluding carboxylic acids is 1. The number of amides is 1. The number of nitro benzene ring substituents is 1. The van der Waals surface area contributed by atoms with Crippen LogP contribution in [0, 0.1) is 17.0 Å². The lowest BCUT2D eigenvalue weighted by atomic mass is 9.73. The Bertz CT molecular complexity index is 858. The predicted molar refractivity (Wildman–Crippen MR) is 105 cm³/mol. The summed E-state index contributed by atoms with van der Waals surface area (Å²) in [6.45, 7) is 3.70. The Morgan fingerprint density at radius 1 is 1.21 bits per heavy atom. The van der Waals surface area contributed by atoms with Gasteiger partial charge in [0, 0.05) is 48.4 Å². The Morgan fingerprint density at radius 2 is 1.89 bits per heavy atom. The van der Waals surface area contributed by atoms with Gasteiger partial charge < -0.3 is 14.8 Å². The molecule has 0 radical (unpaired) electrons. The number of nitro groups is 1. The molecule has 0 spiro atoms. The third kappa shape index (κ3) is 4.14. The second kappa shape index (κ2) is 8.39. The molecule has 1 fully saturated rings. The summed E-state index contributed by atoms with van der Waals surface area (Å²) in [6, 6.07) is 11.7. The van der Waals surface area contributed by atoms with Gasteiger partial charge in [-0.25, -0.2) is 0 Å². The first kappa shape index (κ1) is 19.8. The molecule has 1 aliphatic rings. The number of non-ortho nitro benzene ring substituents is 1. The van der Waals surface area contributed by atoms with Crippen LogP contribution in [0.15, 0.2) is 42.5 Å². The molecule has 0 atom stereocenters. The van der Waals surface area contributed by atoms with Gasteiger partial charge >= 0.3 is 0 Å². The fraction of sp³-hybridized carbons (Fsp3) is 0.381. The van der Waals surface area contributed by atoms with Gasteiger partial charge in [-0.1, -0.05) is 17.7 Å². The first-order chi connectivity index (χ1) is 13.4. The lowest BCUT2D eigenvalue weighted by Crippen LogP contribution is -2.44. The van der Waals surface area contributed by atoms with Crippen LogP contribution in [0.1, 0.15) is 34.3 Å². The van der Waals surface area contributed by atoms with Crippen molar-refractivity contribution in [1.82, 2.24) is 5.32 Å². The molecule has 28 heavy (non-hydrogen) atoms. The van der Waals surface area contributed by atoms with Crippen LogP contribution in [0.3, 0.4) is 0 Å². The average Bonchev–Trinajstić information content (AvgIpc) is 2.72. The van der Waals surface area contributed by atoms with Gasteiger partial charge in [-0.3, -0.25) is 14.9 Å². The number of carbonyl (C=O) groups is 1. The van der Waals surface area contributed by atoms with Gasteiger partial charge in [0.05, 0.1) is 12.0 Å². The van der Waals surface area contributed by atoms with Crippen molar-refractivity contribution in [3.8, 4) is 5.75 Å². The van der Waals surface area contributed by atoms with E-state index < -0.39 is 4.92 Å². The highest BCUT2D eigenvalue weighted by atomic mass is 16.6. The molecule has 0 unspecified atom stereocenters. The van der Waals surface area contributed by atoms with Crippen LogP contribution in [0.4, 0.5) is 5.69 Å². The number of aryl methyl sites for hydroxylation is 1. The number of ether oxygens (including phenoxy) is 2. The molecule has 0 bridgehead atoms. The quantitative estimate of drug-likeness (QED) is 0.609. The van der Waals surface area contributed by atoms with E-state index in [4.69, 9.17) is 9.47 Å². The molecule has 1 aliphatic heterocycles. The number of nitrogens with one attached hydrogen (secondary N) is 1. The summed E-state index contributed by atoms with van der Waals surface area (Å²) in [5.74, 6) is 0.546. The highest BCUT2D eigenvalue weighted by Gasteiger charge is 2.37. The first-order valence-electron chi connectivity index (χ1n) is 9.21. The van der Waals surface area contributed by atoms with E-state index in [0.29, 0.717) is 25.3 Å². The summed E-state index contributed by atoms with van der Waals surface area (Å²) in [6.07, 6.45) is 1.54. The van der Waals surface area contributed by atoms with Crippen molar-refractivity contribution in [3.05, 3.63) is 69.3 Å². The molecule has 1 amide bonds. The Hall–Kier alpha value is -2.93. The molecule has 1 N–H and O–H groups in total. The zero-order valence-corrected chi connectivity index (χ0v) is 16.1. The molecule has 0 aromatic heterocycles. The topological polar surface area (TPSA) is 90.7 Å². The van der Waals surface area contributed by atoms with E-state index in [1.54, 1.807) is 7.11 Å². The van der Waals surface area contributed by atoms with Crippen LogP contribution in [0.5, 0.6) is 5.75 Å². The molecular formula is C21H24N2O5. The zero-order valence-electron chi connectivity index (χ0n) is 16.1. The molecule has 1 saturated heterocycles. The van der Waals surface area contributed by atoms with E-state index in [0.717, 1.165) is 29.7 Å². The summed E-state index contributed by atoms with van der Waals surface area (Å²) in [7, 11) is 1.65. The summed E-state index contributed by atoms with van der Waals surface area (Å²) < 4.78 is 11.1. The maximum atomic E-state index is 12.6. The normalized spacial score (nSPS) is 15.6. The summed E-state index contributed by atoms with van der Waals surface area (Å²) in [5.41, 5.74) is 2.27. The Labute approximate surface area is 163 Å². The van der Waals surface area contributed by atoms with Crippen molar-refractivity contribution in [1.29, 1.82) is 0 Å². The molecule has 0 aliphatic carbocycles. The van der Waals surface area contributed by atoms with Gasteiger partial charge in [-0.15, -0.1) is 0 Å². The Balaban J connectivity index is 1.82. The summed E-state index contributed by atoms with van der Waals surface area (Å²) in [4.78, 5) is 22.9. The van der Waals surface area contributed by atoms with E-state index in [1.165, 1.54) is 24.3 Å². The molecule has 2 aromatic carbocycles. The smallest absolute Gasteiger partial charge is 0.269 e. The fourth-order valence-corrected chi connectivity index (χ4v) is 3.63. The number of methoxy groups -OCH3 is 1. The SMILES string of the molecule is COc1ccc(C)cc1C1(CNC(=O)c2ccc([N+](=O)[O-])cc2)CCOCC1. The van der Waals surface area contributed by atoms with Crippen molar-refractivity contribution < 1.29 is 19.2 Å². The van der Waals surface area contributed by atoms with E-state index in [2.05, 4.69) is 11.4 Å². The van der Waals surface area contributed by atoms with Crippen LogP contribution < -0.4 is 10.1 Å². The highest BCUT2D eigenvalue weighted by molar-refractivity contribution is 5.94. The van der Waals surface area contributed by atoms with Gasteiger partial charge in [0.1, 0.15) is 5.75 Å². The minimum atomic E-state index is -0.483. The van der Waals surface area contributed by atoms with Gasteiger partial charge in [0.2, 0.25) is 0 Å². The van der Waals surface area contributed by atoms with E-state index in [1.807, 2.05) is 19.1 Å². The van der Waals surface area contributed by atoms with Crippen molar-refractivity contribution in [2.75, 3.05) is 26.9 Å². The Morgan fingerprint density at radius 3 is 2.50 bits per heavy atom. The van der Waals surface area contributed by atoms with Crippen LogP contribution in [0.2, 0.25) is 0 Å². The fourth-order valence-electron chi connectivity index (χ4n) is 3.63. The van der Waals surface area contributed by atoms with Crippen LogP contribution >= 0.6 is 0 Å². The van der Waals surface area contributed by atoms with Gasteiger partial charge in [-0.2, -0.15) is 0 Å². The zero-order chi connectivity index (χ0) is 20.1. The monoisotopic (exact) mass is 384 g/mol. The van der Waals surface area contributed by atoms with E-state index in [9.17, 15) is 14.9 Å². The summed E-state index contributed by atoms with van der Waals surface area (Å²) >= 11 is 0. The molecule has 148 valence electrons. The minimum absolute atomic E-state index is 0.0399. The third-order valence-electron chi connectivity index (χ3n) is 5.30. The number of hydrogen-bond donors (Lipinski definition) is 1. The second-order valence-corrected chi connectivity index (χ2v) is 7.08. The van der Waals surface area contributed by atoms with Crippen LogP contribution in [-0.2, 0) is 10.2 Å². The first-order valence-corrected chi connectivity index (χ1v) is 9.21. The van der Waals surface area contributed by atoms with Gasteiger partial charge in [-0.05, 0) is 38.0 Å². The Kier molecular flexibility index (Phi) is 5.94. The summed E-state index contributed by atoms with van der Waals surface area (Å²) in [5, 5.41) is 13.8. The lowest BCUT2D eigenvalue weighted by molar-refractivity contribution is -0.384. The number of hydrogen-bond acceptors (Lipinski definition) is 5. The van der Waals surface area contributed by atoms with Crippen molar-refractivity contribution in [3.63, 3.8) is 0 Å². The van der Waals surface area contributed by atoms with E-state index in [-0.39, 0.29) is 17.0 Å². The average molecular weight is 384 g/mol. The van der Waals surface area contributed by atoms with Crippen molar-refractivity contribution >= 4 is 11.6 Å².